The lowest BCUT2D eigenvalue weighted by molar-refractivity contribution is 0.101. The molecule has 0 bridgehead atoms. The van der Waals surface area contributed by atoms with Gasteiger partial charge in [0, 0.05) is 38.3 Å². The first-order valence-corrected chi connectivity index (χ1v) is 10.2. The van der Waals surface area contributed by atoms with Crippen molar-refractivity contribution in [2.75, 3.05) is 26.2 Å². The number of rotatable bonds is 5. The Morgan fingerprint density at radius 2 is 1.69 bits per heavy atom. The zero-order valence-electron chi connectivity index (χ0n) is 15.2. The summed E-state index contributed by atoms with van der Waals surface area (Å²) in [5, 5.41) is 0. The second-order valence-corrected chi connectivity index (χ2v) is 8.63. The minimum atomic E-state index is -3.57. The van der Waals surface area contributed by atoms with Crippen LogP contribution in [0.1, 0.15) is 28.4 Å². The smallest absolute Gasteiger partial charge is 0.243 e. The van der Waals surface area contributed by atoms with Crippen LogP contribution in [0, 0.1) is 6.92 Å². The Bertz CT molecular complexity index is 901. The number of benzene rings is 2. The number of piperazine rings is 1. The average molecular weight is 372 g/mol. The monoisotopic (exact) mass is 372 g/mol. The molecular formula is C20H24N2O3S. The molecule has 0 aliphatic carbocycles. The molecule has 6 heteroatoms. The number of carbonyl (C=O) groups excluding carboxylic acids is 1. The Morgan fingerprint density at radius 3 is 2.35 bits per heavy atom. The number of Topliss-reactive ketones (excluding diaryl/α,β-unsaturated/α-hetero) is 1. The molecule has 1 aliphatic rings. The molecule has 1 fully saturated rings. The third-order valence-corrected chi connectivity index (χ3v) is 6.76. The number of sulfonamides is 1. The largest absolute Gasteiger partial charge is 0.296 e. The summed E-state index contributed by atoms with van der Waals surface area (Å²) < 4.78 is 27.3. The molecule has 0 aromatic heterocycles. The molecule has 0 unspecified atom stereocenters. The first-order chi connectivity index (χ1) is 12.4. The zero-order valence-corrected chi connectivity index (χ0v) is 16.0. The van der Waals surface area contributed by atoms with Gasteiger partial charge in [-0.05, 0) is 37.1 Å². The van der Waals surface area contributed by atoms with Crippen molar-refractivity contribution in [2.45, 2.75) is 25.3 Å². The van der Waals surface area contributed by atoms with E-state index in [1.54, 1.807) is 18.2 Å². The van der Waals surface area contributed by atoms with Gasteiger partial charge in [-0.3, -0.25) is 9.69 Å². The summed E-state index contributed by atoms with van der Waals surface area (Å²) in [7, 11) is -3.57. The second-order valence-electron chi connectivity index (χ2n) is 6.69. The molecule has 0 atom stereocenters. The van der Waals surface area contributed by atoms with E-state index in [2.05, 4.69) is 24.0 Å². The van der Waals surface area contributed by atoms with Gasteiger partial charge in [-0.2, -0.15) is 4.31 Å². The number of hydrogen-bond donors (Lipinski definition) is 0. The fourth-order valence-corrected chi connectivity index (χ4v) is 4.65. The van der Waals surface area contributed by atoms with E-state index < -0.39 is 10.0 Å². The average Bonchev–Trinajstić information content (AvgIpc) is 2.64. The van der Waals surface area contributed by atoms with Crippen molar-refractivity contribution in [3.63, 3.8) is 0 Å². The summed E-state index contributed by atoms with van der Waals surface area (Å²) in [5.74, 6) is -0.134. The summed E-state index contributed by atoms with van der Waals surface area (Å²) in [6.07, 6.45) is 0. The van der Waals surface area contributed by atoms with Gasteiger partial charge in [0.1, 0.15) is 0 Å². The van der Waals surface area contributed by atoms with Crippen LogP contribution in [-0.4, -0.2) is 49.6 Å². The van der Waals surface area contributed by atoms with Crippen LogP contribution in [0.15, 0.2) is 53.4 Å². The minimum Gasteiger partial charge on any atom is -0.296 e. The van der Waals surface area contributed by atoms with Gasteiger partial charge >= 0.3 is 0 Å². The lowest BCUT2D eigenvalue weighted by Crippen LogP contribution is -2.48. The summed E-state index contributed by atoms with van der Waals surface area (Å²) in [6.45, 7) is 6.67. The Labute approximate surface area is 155 Å². The van der Waals surface area contributed by atoms with Crippen molar-refractivity contribution >= 4 is 15.8 Å². The molecule has 0 saturated carbocycles. The number of aryl methyl sites for hydroxylation is 1. The van der Waals surface area contributed by atoms with Gasteiger partial charge in [-0.25, -0.2) is 8.42 Å². The maximum absolute atomic E-state index is 12.9. The van der Waals surface area contributed by atoms with Crippen molar-refractivity contribution in [3.05, 3.63) is 65.2 Å². The van der Waals surface area contributed by atoms with Gasteiger partial charge in [0.25, 0.3) is 0 Å². The second kappa shape index (κ2) is 7.70. The molecular weight excluding hydrogens is 348 g/mol. The molecule has 1 aliphatic heterocycles. The van der Waals surface area contributed by atoms with E-state index in [1.165, 1.54) is 28.4 Å². The third kappa shape index (κ3) is 4.03. The highest BCUT2D eigenvalue weighted by molar-refractivity contribution is 7.89. The fraction of sp³-hybridized carbons (Fsp3) is 0.350. The maximum Gasteiger partial charge on any atom is 0.243 e. The van der Waals surface area contributed by atoms with E-state index in [0.29, 0.717) is 31.7 Å². The first kappa shape index (κ1) is 18.8. The highest BCUT2D eigenvalue weighted by Gasteiger charge is 2.28. The number of nitrogens with zero attached hydrogens (tertiary/aromatic N) is 2. The molecule has 0 amide bonds. The molecule has 1 saturated heterocycles. The molecule has 138 valence electrons. The van der Waals surface area contributed by atoms with E-state index in [0.717, 1.165) is 6.54 Å². The van der Waals surface area contributed by atoms with Gasteiger partial charge < -0.3 is 0 Å². The van der Waals surface area contributed by atoms with Gasteiger partial charge in [0.2, 0.25) is 10.0 Å². The maximum atomic E-state index is 12.9. The van der Waals surface area contributed by atoms with Crippen molar-refractivity contribution in [1.82, 2.24) is 9.21 Å². The molecule has 2 aromatic carbocycles. The van der Waals surface area contributed by atoms with Crippen LogP contribution in [0.2, 0.25) is 0 Å². The third-order valence-electron chi connectivity index (χ3n) is 4.86. The van der Waals surface area contributed by atoms with Crippen LogP contribution in [0.25, 0.3) is 0 Å². The van der Waals surface area contributed by atoms with E-state index >= 15 is 0 Å². The lowest BCUT2D eigenvalue weighted by Gasteiger charge is -2.34. The fourth-order valence-electron chi connectivity index (χ4n) is 3.18. The van der Waals surface area contributed by atoms with E-state index in [4.69, 9.17) is 0 Å². The molecule has 3 rings (SSSR count). The lowest BCUT2D eigenvalue weighted by atomic mass is 10.1. The van der Waals surface area contributed by atoms with Crippen LogP contribution in [-0.2, 0) is 16.6 Å². The summed E-state index contributed by atoms with van der Waals surface area (Å²) >= 11 is 0. The summed E-state index contributed by atoms with van der Waals surface area (Å²) in [6, 6.07) is 14.6. The highest BCUT2D eigenvalue weighted by atomic mass is 32.2. The number of hydrogen-bond acceptors (Lipinski definition) is 4. The van der Waals surface area contributed by atoms with Crippen molar-refractivity contribution in [1.29, 1.82) is 0 Å². The van der Waals surface area contributed by atoms with Crippen LogP contribution in [0.3, 0.4) is 0 Å². The minimum absolute atomic E-state index is 0.134. The highest BCUT2D eigenvalue weighted by Crippen LogP contribution is 2.20. The summed E-state index contributed by atoms with van der Waals surface area (Å²) in [5.41, 5.74) is 2.95. The van der Waals surface area contributed by atoms with E-state index in [1.807, 2.05) is 12.1 Å². The van der Waals surface area contributed by atoms with Gasteiger partial charge in [-0.15, -0.1) is 0 Å². The topological polar surface area (TPSA) is 57.7 Å². The molecule has 1 heterocycles. The molecule has 0 radical (unpaired) electrons. The van der Waals surface area contributed by atoms with E-state index in [-0.39, 0.29) is 10.7 Å². The Kier molecular flexibility index (Phi) is 5.55. The van der Waals surface area contributed by atoms with Crippen molar-refractivity contribution in [2.24, 2.45) is 0 Å². The van der Waals surface area contributed by atoms with Crippen molar-refractivity contribution < 1.29 is 13.2 Å². The van der Waals surface area contributed by atoms with E-state index in [9.17, 15) is 13.2 Å². The Morgan fingerprint density at radius 1 is 1.00 bits per heavy atom. The molecule has 2 aromatic rings. The van der Waals surface area contributed by atoms with Crippen LogP contribution < -0.4 is 0 Å². The molecule has 0 spiro atoms. The zero-order chi connectivity index (χ0) is 18.7. The normalized spacial score (nSPS) is 16.5. The predicted octanol–water partition coefficient (Wildman–Crippen LogP) is 2.70. The van der Waals surface area contributed by atoms with Crippen molar-refractivity contribution in [3.8, 4) is 0 Å². The Balaban J connectivity index is 1.68. The van der Waals surface area contributed by atoms with Gasteiger partial charge in [0.15, 0.2) is 5.78 Å². The number of carbonyl (C=O) groups is 1. The first-order valence-electron chi connectivity index (χ1n) is 8.76. The van der Waals surface area contributed by atoms with Gasteiger partial charge in [-0.1, -0.05) is 36.4 Å². The Hall–Kier alpha value is -2.02. The summed E-state index contributed by atoms with van der Waals surface area (Å²) in [4.78, 5) is 14.0. The molecule has 26 heavy (non-hydrogen) atoms. The SMILES string of the molecule is CC(=O)c1cccc(S(=O)(=O)N2CCN(Cc3ccccc3C)CC2)c1. The molecule has 0 N–H and O–H groups in total. The standard InChI is InChI=1S/C20H24N2O3S/c1-16-6-3-4-7-19(16)15-21-10-12-22(13-11-21)26(24,25)20-9-5-8-18(14-20)17(2)23/h3-9,14H,10-13,15H2,1-2H3. The quantitative estimate of drug-likeness (QED) is 0.757. The van der Waals surface area contributed by atoms with Crippen LogP contribution >= 0.6 is 0 Å². The van der Waals surface area contributed by atoms with Gasteiger partial charge in [0.05, 0.1) is 4.90 Å². The molecule has 5 nitrogen and oxygen atoms in total. The van der Waals surface area contributed by atoms with Crippen LogP contribution in [0.5, 0.6) is 0 Å². The number of ketones is 1. The predicted molar refractivity (Wildman–Crippen MR) is 102 cm³/mol. The van der Waals surface area contributed by atoms with Crippen LogP contribution in [0.4, 0.5) is 0 Å².